The second-order valence-electron chi connectivity index (χ2n) is 8.70. The molecule has 3 aliphatic heterocycles. The molecule has 4 fully saturated rings. The van der Waals surface area contributed by atoms with Crippen LogP contribution >= 0.6 is 11.3 Å². The number of hydrogen-bond acceptors (Lipinski definition) is 4. The summed E-state index contributed by atoms with van der Waals surface area (Å²) >= 11 is 1.96. The van der Waals surface area contributed by atoms with E-state index in [4.69, 9.17) is 0 Å². The number of hydrogen-bond donors (Lipinski definition) is 0. The van der Waals surface area contributed by atoms with Crippen LogP contribution in [0.25, 0.3) is 0 Å². The fourth-order valence-corrected chi connectivity index (χ4v) is 5.74. The molecule has 3 saturated heterocycles. The van der Waals surface area contributed by atoms with Crippen molar-refractivity contribution in [3.63, 3.8) is 0 Å². The minimum Gasteiger partial charge on any atom is -0.305 e. The van der Waals surface area contributed by atoms with Crippen LogP contribution in [0, 0.1) is 11.8 Å². The van der Waals surface area contributed by atoms with Crippen LogP contribution in [0.15, 0.2) is 11.4 Å². The molecule has 24 heavy (non-hydrogen) atoms. The Labute approximate surface area is 151 Å². The van der Waals surface area contributed by atoms with Crippen LogP contribution < -0.4 is 0 Å². The molecule has 4 heterocycles. The fourth-order valence-electron chi connectivity index (χ4n) is 4.81. The van der Waals surface area contributed by atoms with E-state index in [1.807, 2.05) is 11.3 Å². The average molecular weight is 348 g/mol. The smallest absolute Gasteiger partial charge is 0.0328 e. The van der Waals surface area contributed by atoms with E-state index in [-0.39, 0.29) is 0 Å². The van der Waals surface area contributed by atoms with Crippen LogP contribution in [0.3, 0.4) is 0 Å². The van der Waals surface area contributed by atoms with E-state index in [9.17, 15) is 0 Å². The summed E-state index contributed by atoms with van der Waals surface area (Å²) in [6.07, 6.45) is 7.35. The SMILES string of the molecule is CN(C)Cc1csc(CN2C[C@H]3CC[C@@H](C2)N(CC2CCC2)C3)c1. The van der Waals surface area contributed by atoms with Gasteiger partial charge in [-0.3, -0.25) is 9.80 Å². The zero-order valence-electron chi connectivity index (χ0n) is 15.4. The summed E-state index contributed by atoms with van der Waals surface area (Å²) in [4.78, 5) is 9.44. The molecule has 0 unspecified atom stereocenters. The van der Waals surface area contributed by atoms with Gasteiger partial charge in [0.1, 0.15) is 0 Å². The Hall–Kier alpha value is -0.420. The molecule has 0 amide bonds. The normalized spacial score (nSPS) is 29.1. The van der Waals surface area contributed by atoms with Gasteiger partial charge in [0.15, 0.2) is 0 Å². The second kappa shape index (κ2) is 7.45. The topological polar surface area (TPSA) is 9.72 Å². The Morgan fingerprint density at radius 1 is 1.12 bits per heavy atom. The Balaban J connectivity index is 1.35. The maximum Gasteiger partial charge on any atom is 0.0328 e. The van der Waals surface area contributed by atoms with Crippen molar-refractivity contribution in [1.29, 1.82) is 0 Å². The summed E-state index contributed by atoms with van der Waals surface area (Å²) in [5.41, 5.74) is 1.48. The predicted octanol–water partition coefficient (Wildman–Crippen LogP) is 3.51. The quantitative estimate of drug-likeness (QED) is 0.780. The predicted molar refractivity (Wildman–Crippen MR) is 102 cm³/mol. The van der Waals surface area contributed by atoms with Crippen LogP contribution in [-0.2, 0) is 13.1 Å². The van der Waals surface area contributed by atoms with E-state index in [0.29, 0.717) is 0 Å². The molecule has 0 spiro atoms. The van der Waals surface area contributed by atoms with Crippen molar-refractivity contribution in [3.05, 3.63) is 21.9 Å². The molecule has 4 aliphatic rings. The molecule has 1 aromatic heterocycles. The Bertz CT molecular complexity index is 537. The highest BCUT2D eigenvalue weighted by atomic mass is 32.1. The molecule has 2 bridgehead atoms. The van der Waals surface area contributed by atoms with Crippen LogP contribution in [0.1, 0.15) is 42.5 Å². The number of nitrogens with zero attached hydrogens (tertiary/aromatic N) is 3. The van der Waals surface area contributed by atoms with E-state index in [2.05, 4.69) is 40.2 Å². The first kappa shape index (κ1) is 17.0. The van der Waals surface area contributed by atoms with Crippen LogP contribution in [0.5, 0.6) is 0 Å². The monoisotopic (exact) mass is 347 g/mol. The highest BCUT2D eigenvalue weighted by molar-refractivity contribution is 7.10. The van der Waals surface area contributed by atoms with Gasteiger partial charge in [-0.15, -0.1) is 11.3 Å². The molecule has 0 radical (unpaired) electrons. The Morgan fingerprint density at radius 3 is 2.75 bits per heavy atom. The summed E-state index contributed by atoms with van der Waals surface area (Å²) in [6, 6.07) is 3.26. The molecular formula is C20H33N3S. The molecule has 4 heteroatoms. The molecule has 2 atom stereocenters. The number of fused-ring (bicyclic) bond motifs is 4. The van der Waals surface area contributed by atoms with Crippen molar-refractivity contribution in [1.82, 2.24) is 14.7 Å². The minimum atomic E-state index is 0.825. The maximum absolute atomic E-state index is 2.86. The molecule has 134 valence electrons. The maximum atomic E-state index is 2.86. The third-order valence-electron chi connectivity index (χ3n) is 6.21. The first-order valence-electron chi connectivity index (χ1n) is 9.83. The van der Waals surface area contributed by atoms with Gasteiger partial charge in [0, 0.05) is 50.2 Å². The lowest BCUT2D eigenvalue weighted by Gasteiger charge is -2.40. The standard InChI is InChI=1S/C20H33N3S/c1-21(2)9-18-8-20(24-15-18)14-22-10-17-6-7-19(13-22)23(12-17)11-16-4-3-5-16/h8,15-17,19H,3-7,9-14H2,1-2H3/t17-,19+/m1/s1. The van der Waals surface area contributed by atoms with Gasteiger partial charge < -0.3 is 4.90 Å². The Kier molecular flexibility index (Phi) is 5.28. The van der Waals surface area contributed by atoms with E-state index < -0.39 is 0 Å². The van der Waals surface area contributed by atoms with Gasteiger partial charge in [-0.05, 0) is 68.6 Å². The van der Waals surface area contributed by atoms with Crippen molar-refractivity contribution in [2.45, 2.75) is 51.2 Å². The van der Waals surface area contributed by atoms with Gasteiger partial charge in [0.2, 0.25) is 0 Å². The van der Waals surface area contributed by atoms with E-state index >= 15 is 0 Å². The molecular weight excluding hydrogens is 314 g/mol. The van der Waals surface area contributed by atoms with Gasteiger partial charge in [0.25, 0.3) is 0 Å². The molecule has 3 nitrogen and oxygen atoms in total. The van der Waals surface area contributed by atoms with Gasteiger partial charge in [-0.25, -0.2) is 0 Å². The number of piperidine rings is 1. The molecule has 1 aliphatic carbocycles. The van der Waals surface area contributed by atoms with Crippen LogP contribution in [0.4, 0.5) is 0 Å². The van der Waals surface area contributed by atoms with Crippen LogP contribution in [-0.4, -0.2) is 61.0 Å². The number of thiophene rings is 1. The lowest BCUT2D eigenvalue weighted by Crippen LogP contribution is -2.46. The summed E-state index contributed by atoms with van der Waals surface area (Å²) < 4.78 is 0. The molecule has 1 aromatic rings. The van der Waals surface area contributed by atoms with E-state index in [1.54, 1.807) is 4.88 Å². The van der Waals surface area contributed by atoms with E-state index in [0.717, 1.165) is 24.4 Å². The third kappa shape index (κ3) is 4.04. The van der Waals surface area contributed by atoms with Crippen LogP contribution in [0.2, 0.25) is 0 Å². The second-order valence-corrected chi connectivity index (χ2v) is 9.70. The first-order chi connectivity index (χ1) is 11.7. The van der Waals surface area contributed by atoms with Gasteiger partial charge in [-0.1, -0.05) is 6.42 Å². The largest absolute Gasteiger partial charge is 0.305 e. The molecule has 0 aromatic carbocycles. The summed E-state index contributed by atoms with van der Waals surface area (Å²) in [5, 5.41) is 2.35. The van der Waals surface area contributed by atoms with Gasteiger partial charge >= 0.3 is 0 Å². The molecule has 0 N–H and O–H groups in total. The summed E-state index contributed by atoms with van der Waals surface area (Å²) in [7, 11) is 4.31. The molecule has 5 rings (SSSR count). The third-order valence-corrected chi connectivity index (χ3v) is 7.18. The lowest BCUT2D eigenvalue weighted by molar-refractivity contribution is 0.0891. The van der Waals surface area contributed by atoms with Crippen molar-refractivity contribution in [2.24, 2.45) is 11.8 Å². The summed E-state index contributed by atoms with van der Waals surface area (Å²) in [5.74, 6) is 1.92. The first-order valence-corrected chi connectivity index (χ1v) is 10.7. The highest BCUT2D eigenvalue weighted by Gasteiger charge is 2.36. The van der Waals surface area contributed by atoms with E-state index in [1.165, 1.54) is 70.4 Å². The average Bonchev–Trinajstić information content (AvgIpc) is 2.74. The van der Waals surface area contributed by atoms with Crippen molar-refractivity contribution in [3.8, 4) is 0 Å². The molecule has 1 saturated carbocycles. The number of rotatable bonds is 6. The van der Waals surface area contributed by atoms with Crippen molar-refractivity contribution < 1.29 is 0 Å². The zero-order valence-corrected chi connectivity index (χ0v) is 16.2. The van der Waals surface area contributed by atoms with Crippen molar-refractivity contribution in [2.75, 3.05) is 40.3 Å². The minimum absolute atomic E-state index is 0.825. The van der Waals surface area contributed by atoms with Gasteiger partial charge in [-0.2, -0.15) is 0 Å². The zero-order chi connectivity index (χ0) is 16.5. The highest BCUT2D eigenvalue weighted by Crippen LogP contribution is 2.33. The summed E-state index contributed by atoms with van der Waals surface area (Å²) in [6.45, 7) is 7.61. The van der Waals surface area contributed by atoms with Gasteiger partial charge in [0.05, 0.1) is 0 Å². The fraction of sp³-hybridized carbons (Fsp3) is 0.800. The van der Waals surface area contributed by atoms with Crippen molar-refractivity contribution >= 4 is 11.3 Å². The Morgan fingerprint density at radius 2 is 2.00 bits per heavy atom. The lowest BCUT2D eigenvalue weighted by atomic mass is 9.83.